The van der Waals surface area contributed by atoms with Crippen LogP contribution in [0.4, 0.5) is 17.6 Å². The molecule has 0 saturated carbocycles. The molecule has 8 heteroatoms. The highest BCUT2D eigenvalue weighted by atomic mass is 19.4. The Bertz CT molecular complexity index is 827. The number of benzene rings is 2. The van der Waals surface area contributed by atoms with Crippen LogP contribution in [0, 0.1) is 17.1 Å². The number of amides is 1. The SMILES string of the molecule is COC(C(=O)NCc1ccc(C#N)cc1)c1cc(C(F)(F)F)ccc1F. The summed E-state index contributed by atoms with van der Waals surface area (Å²) in [5.41, 5.74) is -0.465. The summed E-state index contributed by atoms with van der Waals surface area (Å²) in [7, 11) is 1.10. The Kier molecular flexibility index (Phi) is 5.95. The number of halogens is 4. The van der Waals surface area contributed by atoms with Crippen molar-refractivity contribution in [2.24, 2.45) is 0 Å². The highest BCUT2D eigenvalue weighted by Gasteiger charge is 2.33. The summed E-state index contributed by atoms with van der Waals surface area (Å²) in [4.78, 5) is 12.2. The van der Waals surface area contributed by atoms with Gasteiger partial charge >= 0.3 is 6.18 Å². The smallest absolute Gasteiger partial charge is 0.367 e. The number of carbonyl (C=O) groups is 1. The molecule has 0 spiro atoms. The second-order valence-corrected chi connectivity index (χ2v) is 5.38. The summed E-state index contributed by atoms with van der Waals surface area (Å²) >= 11 is 0. The van der Waals surface area contributed by atoms with Crippen LogP contribution in [-0.2, 0) is 22.3 Å². The summed E-state index contributed by atoms with van der Waals surface area (Å²) in [6.07, 6.45) is -6.20. The molecule has 0 aliphatic heterocycles. The molecule has 26 heavy (non-hydrogen) atoms. The third-order valence-corrected chi connectivity index (χ3v) is 3.63. The molecule has 2 aromatic carbocycles. The van der Waals surface area contributed by atoms with Gasteiger partial charge in [0.25, 0.3) is 5.91 Å². The Morgan fingerprint density at radius 2 is 1.88 bits per heavy atom. The van der Waals surface area contributed by atoms with Crippen LogP contribution in [0.15, 0.2) is 42.5 Å². The fraction of sp³-hybridized carbons (Fsp3) is 0.222. The van der Waals surface area contributed by atoms with Crippen molar-refractivity contribution in [3.63, 3.8) is 0 Å². The molecule has 136 valence electrons. The van der Waals surface area contributed by atoms with E-state index in [1.54, 1.807) is 24.3 Å². The minimum Gasteiger partial charge on any atom is -0.367 e. The van der Waals surface area contributed by atoms with Crippen LogP contribution in [0.25, 0.3) is 0 Å². The lowest BCUT2D eigenvalue weighted by Crippen LogP contribution is -2.30. The Morgan fingerprint density at radius 3 is 2.42 bits per heavy atom. The lowest BCUT2D eigenvalue weighted by Gasteiger charge is -2.18. The van der Waals surface area contributed by atoms with Crippen molar-refractivity contribution in [3.05, 3.63) is 70.5 Å². The van der Waals surface area contributed by atoms with E-state index in [1.807, 2.05) is 6.07 Å². The molecule has 0 saturated heterocycles. The summed E-state index contributed by atoms with van der Waals surface area (Å²) in [5.74, 6) is -1.76. The van der Waals surface area contributed by atoms with Crippen LogP contribution in [0.5, 0.6) is 0 Å². The number of rotatable bonds is 5. The third kappa shape index (κ3) is 4.58. The Morgan fingerprint density at radius 1 is 1.23 bits per heavy atom. The summed E-state index contributed by atoms with van der Waals surface area (Å²) in [6.45, 7) is 0.0466. The number of carbonyl (C=O) groups excluding carboxylic acids is 1. The van der Waals surface area contributed by atoms with E-state index in [9.17, 15) is 22.4 Å². The van der Waals surface area contributed by atoms with Crippen molar-refractivity contribution in [2.45, 2.75) is 18.8 Å². The first-order valence-electron chi connectivity index (χ1n) is 7.42. The van der Waals surface area contributed by atoms with Gasteiger partial charge < -0.3 is 10.1 Å². The second-order valence-electron chi connectivity index (χ2n) is 5.38. The monoisotopic (exact) mass is 366 g/mol. The van der Waals surface area contributed by atoms with Crippen molar-refractivity contribution in [1.82, 2.24) is 5.32 Å². The topological polar surface area (TPSA) is 62.1 Å². The summed E-state index contributed by atoms with van der Waals surface area (Å²) < 4.78 is 57.3. The number of hydrogen-bond donors (Lipinski definition) is 1. The fourth-order valence-electron chi connectivity index (χ4n) is 2.28. The minimum atomic E-state index is -4.67. The average molecular weight is 366 g/mol. The highest BCUT2D eigenvalue weighted by molar-refractivity contribution is 5.82. The molecule has 0 heterocycles. The zero-order valence-corrected chi connectivity index (χ0v) is 13.6. The van der Waals surface area contributed by atoms with Crippen LogP contribution in [-0.4, -0.2) is 13.0 Å². The maximum absolute atomic E-state index is 13.9. The zero-order chi connectivity index (χ0) is 19.3. The Hall–Kier alpha value is -2.92. The van der Waals surface area contributed by atoms with E-state index in [-0.39, 0.29) is 6.54 Å². The molecule has 0 radical (unpaired) electrons. The maximum Gasteiger partial charge on any atom is 0.416 e. The molecule has 0 bridgehead atoms. The molecule has 1 unspecified atom stereocenters. The fourth-order valence-corrected chi connectivity index (χ4v) is 2.28. The number of ether oxygens (including phenoxy) is 1. The number of nitrogens with zero attached hydrogens (tertiary/aromatic N) is 1. The first kappa shape index (κ1) is 19.4. The van der Waals surface area contributed by atoms with Crippen LogP contribution in [0.1, 0.15) is 28.4 Å². The van der Waals surface area contributed by atoms with Gasteiger partial charge in [-0.1, -0.05) is 12.1 Å². The predicted octanol–water partition coefficient (Wildman–Crippen LogP) is 3.72. The van der Waals surface area contributed by atoms with Crippen LogP contribution in [0.2, 0.25) is 0 Å². The average Bonchev–Trinajstić information content (AvgIpc) is 2.61. The van der Waals surface area contributed by atoms with E-state index >= 15 is 0 Å². The number of nitrogens with one attached hydrogen (secondary N) is 1. The summed E-state index contributed by atoms with van der Waals surface area (Å²) in [6, 6.07) is 10.1. The van der Waals surface area contributed by atoms with Gasteiger partial charge in [-0.2, -0.15) is 18.4 Å². The number of hydrogen-bond acceptors (Lipinski definition) is 3. The van der Waals surface area contributed by atoms with Gasteiger partial charge in [0.15, 0.2) is 6.10 Å². The molecular weight excluding hydrogens is 352 g/mol. The van der Waals surface area contributed by atoms with Crippen molar-refractivity contribution < 1.29 is 27.1 Å². The highest BCUT2D eigenvalue weighted by Crippen LogP contribution is 2.32. The number of alkyl halides is 3. The molecule has 0 aliphatic carbocycles. The predicted molar refractivity (Wildman–Crippen MR) is 84.2 cm³/mol. The van der Waals surface area contributed by atoms with Crippen LogP contribution >= 0.6 is 0 Å². The molecule has 1 amide bonds. The number of methoxy groups -OCH3 is 1. The largest absolute Gasteiger partial charge is 0.416 e. The molecule has 1 atom stereocenters. The van der Waals surface area contributed by atoms with E-state index < -0.39 is 35.1 Å². The van der Waals surface area contributed by atoms with Crippen molar-refractivity contribution in [1.29, 1.82) is 5.26 Å². The Balaban J connectivity index is 2.16. The zero-order valence-electron chi connectivity index (χ0n) is 13.6. The first-order chi connectivity index (χ1) is 12.3. The van der Waals surface area contributed by atoms with Crippen molar-refractivity contribution in [2.75, 3.05) is 7.11 Å². The lowest BCUT2D eigenvalue weighted by atomic mass is 10.0. The molecule has 0 fully saturated rings. The van der Waals surface area contributed by atoms with E-state index in [0.717, 1.165) is 7.11 Å². The van der Waals surface area contributed by atoms with Crippen molar-refractivity contribution in [3.8, 4) is 6.07 Å². The molecule has 2 rings (SSSR count). The van der Waals surface area contributed by atoms with Gasteiger partial charge in [0, 0.05) is 19.2 Å². The van der Waals surface area contributed by atoms with E-state index in [2.05, 4.69) is 5.32 Å². The van der Waals surface area contributed by atoms with Gasteiger partial charge in [0.1, 0.15) is 5.82 Å². The third-order valence-electron chi connectivity index (χ3n) is 3.63. The quantitative estimate of drug-likeness (QED) is 0.821. The lowest BCUT2D eigenvalue weighted by molar-refractivity contribution is -0.138. The maximum atomic E-state index is 13.9. The van der Waals surface area contributed by atoms with Gasteiger partial charge in [-0.25, -0.2) is 4.39 Å². The van der Waals surface area contributed by atoms with Gasteiger partial charge in [-0.3, -0.25) is 4.79 Å². The number of nitriles is 1. The Labute approximate surface area is 147 Å². The summed E-state index contributed by atoms with van der Waals surface area (Å²) in [5, 5.41) is 11.2. The van der Waals surface area contributed by atoms with Gasteiger partial charge in [0.2, 0.25) is 0 Å². The van der Waals surface area contributed by atoms with Gasteiger partial charge in [-0.15, -0.1) is 0 Å². The first-order valence-corrected chi connectivity index (χ1v) is 7.42. The van der Waals surface area contributed by atoms with E-state index in [0.29, 0.717) is 29.3 Å². The minimum absolute atomic E-state index is 0.0466. The molecule has 4 nitrogen and oxygen atoms in total. The van der Waals surface area contributed by atoms with Crippen LogP contribution < -0.4 is 5.32 Å². The van der Waals surface area contributed by atoms with E-state index in [1.165, 1.54) is 0 Å². The van der Waals surface area contributed by atoms with Crippen LogP contribution in [0.3, 0.4) is 0 Å². The normalized spacial score (nSPS) is 12.3. The van der Waals surface area contributed by atoms with Gasteiger partial charge in [0.05, 0.1) is 17.2 Å². The van der Waals surface area contributed by atoms with Gasteiger partial charge in [-0.05, 0) is 35.9 Å². The van der Waals surface area contributed by atoms with Crippen molar-refractivity contribution >= 4 is 5.91 Å². The molecule has 1 N–H and O–H groups in total. The molecule has 0 aromatic heterocycles. The standard InChI is InChI=1S/C18H14F4N2O2/c1-26-16(14-8-13(18(20,21)22)6-7-15(14)19)17(25)24-10-12-4-2-11(9-23)3-5-12/h2-8,16H,10H2,1H3,(H,24,25). The molecular formula is C18H14F4N2O2. The van der Waals surface area contributed by atoms with E-state index in [4.69, 9.17) is 10.00 Å². The molecule has 0 aliphatic rings. The molecule has 2 aromatic rings. The second kappa shape index (κ2) is 7.97.